The van der Waals surface area contributed by atoms with Crippen molar-refractivity contribution in [3.8, 4) is 0 Å². The van der Waals surface area contributed by atoms with E-state index in [1.54, 1.807) is 11.1 Å². The van der Waals surface area contributed by atoms with Crippen molar-refractivity contribution in [2.24, 2.45) is 0 Å². The number of rotatable bonds is 3. The van der Waals surface area contributed by atoms with E-state index in [0.29, 0.717) is 13.1 Å². The van der Waals surface area contributed by atoms with Crippen molar-refractivity contribution < 1.29 is 9.59 Å². The summed E-state index contributed by atoms with van der Waals surface area (Å²) in [7, 11) is 0. The third-order valence-corrected chi connectivity index (χ3v) is 3.09. The predicted molar refractivity (Wildman–Crippen MR) is 71.7 cm³/mol. The fourth-order valence-corrected chi connectivity index (χ4v) is 2.04. The second kappa shape index (κ2) is 6.17. The van der Waals surface area contributed by atoms with Crippen LogP contribution in [-0.4, -0.2) is 54.4 Å². The molecule has 0 radical (unpaired) electrons. The Morgan fingerprint density at radius 2 is 2.00 bits per heavy atom. The van der Waals surface area contributed by atoms with E-state index in [-0.39, 0.29) is 18.4 Å². The molecule has 6 nitrogen and oxygen atoms in total. The minimum absolute atomic E-state index is 0.0316. The topological polar surface area (TPSA) is 65.5 Å². The Bertz CT molecular complexity index is 441. The molecule has 1 aliphatic rings. The number of aromatic nitrogens is 1. The maximum atomic E-state index is 11.8. The lowest BCUT2D eigenvalue weighted by Gasteiger charge is -2.35. The number of nitrogens with zero attached hydrogens (tertiary/aromatic N) is 3. The van der Waals surface area contributed by atoms with Gasteiger partial charge in [0.25, 0.3) is 0 Å². The van der Waals surface area contributed by atoms with E-state index in [9.17, 15) is 9.59 Å². The van der Waals surface area contributed by atoms with Crippen molar-refractivity contribution in [3.05, 3.63) is 24.4 Å². The molecule has 1 N–H and O–H groups in total. The molecule has 0 spiro atoms. The molecular formula is C13H18N4O2. The van der Waals surface area contributed by atoms with Crippen LogP contribution in [0.4, 0.5) is 5.82 Å². The van der Waals surface area contributed by atoms with E-state index < -0.39 is 0 Å². The monoisotopic (exact) mass is 262 g/mol. The molecule has 0 atom stereocenters. The lowest BCUT2D eigenvalue weighted by molar-refractivity contribution is -0.132. The lowest BCUT2D eigenvalue weighted by atomic mass is 10.3. The molecule has 0 aromatic carbocycles. The van der Waals surface area contributed by atoms with Crippen LogP contribution in [0.5, 0.6) is 0 Å². The first-order valence-electron chi connectivity index (χ1n) is 6.35. The fraction of sp³-hybridized carbons (Fsp3) is 0.462. The molecule has 1 aromatic heterocycles. The zero-order valence-corrected chi connectivity index (χ0v) is 11.0. The van der Waals surface area contributed by atoms with Crippen molar-refractivity contribution in [2.45, 2.75) is 6.92 Å². The van der Waals surface area contributed by atoms with Gasteiger partial charge in [0.05, 0.1) is 6.54 Å². The van der Waals surface area contributed by atoms with Crippen molar-refractivity contribution >= 4 is 17.6 Å². The Morgan fingerprint density at radius 1 is 1.26 bits per heavy atom. The first-order valence-corrected chi connectivity index (χ1v) is 6.35. The zero-order chi connectivity index (χ0) is 13.7. The Kier molecular flexibility index (Phi) is 4.33. The molecule has 0 unspecified atom stereocenters. The van der Waals surface area contributed by atoms with Crippen LogP contribution < -0.4 is 10.2 Å². The minimum atomic E-state index is -0.180. The predicted octanol–water partition coefficient (Wildman–Crippen LogP) is -0.134. The van der Waals surface area contributed by atoms with Gasteiger partial charge in [-0.1, -0.05) is 6.07 Å². The first-order chi connectivity index (χ1) is 9.16. The van der Waals surface area contributed by atoms with Gasteiger partial charge in [-0.25, -0.2) is 4.98 Å². The molecule has 19 heavy (non-hydrogen) atoms. The normalized spacial score (nSPS) is 15.2. The number of carbonyl (C=O) groups is 2. The van der Waals surface area contributed by atoms with Gasteiger partial charge in [-0.15, -0.1) is 0 Å². The molecular weight excluding hydrogens is 244 g/mol. The van der Waals surface area contributed by atoms with E-state index in [1.807, 2.05) is 18.2 Å². The van der Waals surface area contributed by atoms with Crippen molar-refractivity contribution in [2.75, 3.05) is 37.6 Å². The van der Waals surface area contributed by atoms with Crippen molar-refractivity contribution in [1.82, 2.24) is 15.2 Å². The average Bonchev–Trinajstić information content (AvgIpc) is 2.46. The second-order valence-electron chi connectivity index (χ2n) is 4.47. The van der Waals surface area contributed by atoms with Crippen LogP contribution in [0.2, 0.25) is 0 Å². The van der Waals surface area contributed by atoms with Gasteiger partial charge in [-0.3, -0.25) is 9.59 Å². The third-order valence-electron chi connectivity index (χ3n) is 3.09. The van der Waals surface area contributed by atoms with Crippen LogP contribution >= 0.6 is 0 Å². The second-order valence-corrected chi connectivity index (χ2v) is 4.47. The standard InChI is InChI=1S/C13H18N4O2/c1-11(18)15-10-13(19)17-8-6-16(7-9-17)12-4-2-3-5-14-12/h2-5H,6-10H2,1H3,(H,15,18). The number of hydrogen-bond acceptors (Lipinski definition) is 4. The number of anilines is 1. The number of hydrogen-bond donors (Lipinski definition) is 1. The molecule has 0 bridgehead atoms. The van der Waals surface area contributed by atoms with E-state index in [4.69, 9.17) is 0 Å². The molecule has 6 heteroatoms. The number of carbonyl (C=O) groups excluding carboxylic acids is 2. The average molecular weight is 262 g/mol. The van der Waals surface area contributed by atoms with Crippen molar-refractivity contribution in [1.29, 1.82) is 0 Å². The highest BCUT2D eigenvalue weighted by molar-refractivity contribution is 5.83. The number of amides is 2. The number of nitrogens with one attached hydrogen (secondary N) is 1. The summed E-state index contributed by atoms with van der Waals surface area (Å²) in [6.07, 6.45) is 1.77. The number of piperazine rings is 1. The highest BCUT2D eigenvalue weighted by Gasteiger charge is 2.21. The van der Waals surface area contributed by atoms with E-state index in [1.165, 1.54) is 6.92 Å². The van der Waals surface area contributed by atoms with Gasteiger partial charge in [0.2, 0.25) is 11.8 Å². The summed E-state index contributed by atoms with van der Waals surface area (Å²) in [5.41, 5.74) is 0. The molecule has 0 aliphatic carbocycles. The van der Waals surface area contributed by atoms with Crippen LogP contribution in [0.15, 0.2) is 24.4 Å². The summed E-state index contributed by atoms with van der Waals surface area (Å²) in [5.74, 6) is 0.729. The zero-order valence-electron chi connectivity index (χ0n) is 11.0. The molecule has 1 saturated heterocycles. The first kappa shape index (κ1) is 13.3. The van der Waals surface area contributed by atoms with Gasteiger partial charge >= 0.3 is 0 Å². The van der Waals surface area contributed by atoms with Gasteiger partial charge in [0, 0.05) is 39.3 Å². The third kappa shape index (κ3) is 3.67. The van der Waals surface area contributed by atoms with Gasteiger partial charge in [-0.2, -0.15) is 0 Å². The van der Waals surface area contributed by atoms with Crippen LogP contribution in [-0.2, 0) is 9.59 Å². The van der Waals surface area contributed by atoms with Gasteiger partial charge in [0.15, 0.2) is 0 Å². The molecule has 1 fully saturated rings. The van der Waals surface area contributed by atoms with Crippen LogP contribution in [0.1, 0.15) is 6.92 Å². The van der Waals surface area contributed by atoms with E-state index >= 15 is 0 Å². The summed E-state index contributed by atoms with van der Waals surface area (Å²) in [6.45, 7) is 4.35. The van der Waals surface area contributed by atoms with Gasteiger partial charge in [-0.05, 0) is 12.1 Å². The molecule has 2 rings (SSSR count). The molecule has 1 aliphatic heterocycles. The molecule has 2 heterocycles. The van der Waals surface area contributed by atoms with Crippen molar-refractivity contribution in [3.63, 3.8) is 0 Å². The van der Waals surface area contributed by atoms with Crippen LogP contribution in [0.3, 0.4) is 0 Å². The largest absolute Gasteiger partial charge is 0.353 e. The summed E-state index contributed by atoms with van der Waals surface area (Å²) < 4.78 is 0. The van der Waals surface area contributed by atoms with E-state index in [2.05, 4.69) is 15.2 Å². The maximum absolute atomic E-state index is 11.8. The summed E-state index contributed by atoms with van der Waals surface area (Å²) in [5, 5.41) is 2.53. The molecule has 102 valence electrons. The lowest BCUT2D eigenvalue weighted by Crippen LogP contribution is -2.51. The maximum Gasteiger partial charge on any atom is 0.242 e. The van der Waals surface area contributed by atoms with Crippen LogP contribution in [0, 0.1) is 0 Å². The van der Waals surface area contributed by atoms with Gasteiger partial charge in [0.1, 0.15) is 5.82 Å². The summed E-state index contributed by atoms with van der Waals surface area (Å²) >= 11 is 0. The Hall–Kier alpha value is -2.11. The highest BCUT2D eigenvalue weighted by Crippen LogP contribution is 2.12. The Morgan fingerprint density at radius 3 is 2.58 bits per heavy atom. The molecule has 1 aromatic rings. The smallest absolute Gasteiger partial charge is 0.242 e. The summed E-state index contributed by atoms with van der Waals surface area (Å²) in [6, 6.07) is 5.81. The Balaban J connectivity index is 1.82. The fourth-order valence-electron chi connectivity index (χ4n) is 2.04. The van der Waals surface area contributed by atoms with Gasteiger partial charge < -0.3 is 15.1 Å². The quantitative estimate of drug-likeness (QED) is 0.824. The Labute approximate surface area is 112 Å². The SMILES string of the molecule is CC(=O)NCC(=O)N1CCN(c2ccccn2)CC1. The van der Waals surface area contributed by atoms with Crippen LogP contribution in [0.25, 0.3) is 0 Å². The highest BCUT2D eigenvalue weighted by atomic mass is 16.2. The number of pyridine rings is 1. The molecule has 2 amide bonds. The van der Waals surface area contributed by atoms with E-state index in [0.717, 1.165) is 18.9 Å². The minimum Gasteiger partial charge on any atom is -0.353 e. The summed E-state index contributed by atoms with van der Waals surface area (Å²) in [4.78, 5) is 30.8. The molecule has 0 saturated carbocycles.